The van der Waals surface area contributed by atoms with Crippen molar-refractivity contribution in [3.63, 3.8) is 0 Å². The SMILES string of the molecule is CCC1CC1C(N)c1cccc(Cl)c1. The van der Waals surface area contributed by atoms with Crippen LogP contribution >= 0.6 is 11.6 Å². The van der Waals surface area contributed by atoms with Gasteiger partial charge in [-0.3, -0.25) is 0 Å². The summed E-state index contributed by atoms with van der Waals surface area (Å²) in [6, 6.07) is 8.10. The van der Waals surface area contributed by atoms with Crippen LogP contribution in [0.4, 0.5) is 0 Å². The van der Waals surface area contributed by atoms with E-state index in [1.165, 1.54) is 18.4 Å². The number of benzene rings is 1. The third-order valence-corrected chi connectivity index (χ3v) is 3.43. The molecule has 0 heterocycles. The molecule has 76 valence electrons. The van der Waals surface area contributed by atoms with Crippen molar-refractivity contribution in [2.24, 2.45) is 17.6 Å². The first-order chi connectivity index (χ1) is 6.72. The average Bonchev–Trinajstić information content (AvgIpc) is 2.95. The minimum Gasteiger partial charge on any atom is -0.324 e. The highest BCUT2D eigenvalue weighted by molar-refractivity contribution is 6.30. The summed E-state index contributed by atoms with van der Waals surface area (Å²) >= 11 is 5.93. The largest absolute Gasteiger partial charge is 0.324 e. The summed E-state index contributed by atoms with van der Waals surface area (Å²) in [5.41, 5.74) is 7.36. The molecule has 1 aliphatic rings. The number of hydrogen-bond acceptors (Lipinski definition) is 1. The van der Waals surface area contributed by atoms with Crippen LogP contribution in [0.2, 0.25) is 5.02 Å². The number of rotatable bonds is 3. The molecule has 2 N–H and O–H groups in total. The molecular formula is C12H16ClN. The van der Waals surface area contributed by atoms with Crippen LogP contribution in [0.5, 0.6) is 0 Å². The molecule has 1 aliphatic carbocycles. The highest BCUT2D eigenvalue weighted by atomic mass is 35.5. The lowest BCUT2D eigenvalue weighted by Gasteiger charge is -2.11. The maximum absolute atomic E-state index is 6.18. The third kappa shape index (κ3) is 1.94. The minimum absolute atomic E-state index is 0.179. The van der Waals surface area contributed by atoms with E-state index in [0.717, 1.165) is 10.9 Å². The highest BCUT2D eigenvalue weighted by Crippen LogP contribution is 2.48. The van der Waals surface area contributed by atoms with E-state index >= 15 is 0 Å². The molecule has 1 fully saturated rings. The van der Waals surface area contributed by atoms with Crippen LogP contribution in [-0.4, -0.2) is 0 Å². The second-order valence-electron chi connectivity index (χ2n) is 4.15. The van der Waals surface area contributed by atoms with Gasteiger partial charge in [0.2, 0.25) is 0 Å². The van der Waals surface area contributed by atoms with Gasteiger partial charge in [0, 0.05) is 11.1 Å². The van der Waals surface area contributed by atoms with E-state index in [9.17, 15) is 0 Å². The fourth-order valence-corrected chi connectivity index (χ4v) is 2.34. The fraction of sp³-hybridized carbons (Fsp3) is 0.500. The van der Waals surface area contributed by atoms with Crippen molar-refractivity contribution in [2.45, 2.75) is 25.8 Å². The van der Waals surface area contributed by atoms with Crippen molar-refractivity contribution >= 4 is 11.6 Å². The molecule has 0 radical (unpaired) electrons. The lowest BCUT2D eigenvalue weighted by atomic mass is 10.0. The van der Waals surface area contributed by atoms with E-state index in [1.54, 1.807) is 0 Å². The molecule has 0 aromatic heterocycles. The van der Waals surface area contributed by atoms with E-state index in [1.807, 2.05) is 18.2 Å². The highest BCUT2D eigenvalue weighted by Gasteiger charge is 2.40. The first-order valence-electron chi connectivity index (χ1n) is 5.23. The Morgan fingerprint density at radius 2 is 2.36 bits per heavy atom. The Labute approximate surface area is 90.3 Å². The maximum Gasteiger partial charge on any atom is 0.0409 e. The van der Waals surface area contributed by atoms with Gasteiger partial charge in [0.25, 0.3) is 0 Å². The van der Waals surface area contributed by atoms with Crippen LogP contribution in [0.3, 0.4) is 0 Å². The summed E-state index contributed by atoms with van der Waals surface area (Å²) in [5, 5.41) is 0.784. The fourth-order valence-electron chi connectivity index (χ4n) is 2.14. The van der Waals surface area contributed by atoms with Gasteiger partial charge in [-0.05, 0) is 36.0 Å². The monoisotopic (exact) mass is 209 g/mol. The molecule has 1 aromatic rings. The molecule has 2 heteroatoms. The Morgan fingerprint density at radius 3 is 2.93 bits per heavy atom. The minimum atomic E-state index is 0.179. The quantitative estimate of drug-likeness (QED) is 0.812. The Balaban J connectivity index is 2.08. The van der Waals surface area contributed by atoms with E-state index < -0.39 is 0 Å². The molecule has 2 rings (SSSR count). The van der Waals surface area contributed by atoms with Crippen LogP contribution in [0.1, 0.15) is 31.4 Å². The smallest absolute Gasteiger partial charge is 0.0409 e. The van der Waals surface area contributed by atoms with E-state index in [-0.39, 0.29) is 6.04 Å². The Bertz CT molecular complexity index is 324. The van der Waals surface area contributed by atoms with E-state index in [0.29, 0.717) is 5.92 Å². The van der Waals surface area contributed by atoms with Gasteiger partial charge in [-0.2, -0.15) is 0 Å². The topological polar surface area (TPSA) is 26.0 Å². The summed E-state index contributed by atoms with van der Waals surface area (Å²) in [4.78, 5) is 0. The van der Waals surface area contributed by atoms with Crippen molar-refractivity contribution in [1.29, 1.82) is 0 Å². The molecule has 0 spiro atoms. The van der Waals surface area contributed by atoms with Gasteiger partial charge in [0.1, 0.15) is 0 Å². The summed E-state index contributed by atoms with van der Waals surface area (Å²) in [6.45, 7) is 2.23. The predicted octanol–water partition coefficient (Wildman–Crippen LogP) is 3.39. The normalized spacial score (nSPS) is 27.4. The Kier molecular flexibility index (Phi) is 2.80. The molecule has 0 bridgehead atoms. The van der Waals surface area contributed by atoms with Crippen molar-refractivity contribution in [3.05, 3.63) is 34.9 Å². The zero-order valence-electron chi connectivity index (χ0n) is 8.41. The molecule has 14 heavy (non-hydrogen) atoms. The van der Waals surface area contributed by atoms with Gasteiger partial charge in [-0.25, -0.2) is 0 Å². The molecule has 0 saturated heterocycles. The van der Waals surface area contributed by atoms with Gasteiger partial charge in [-0.1, -0.05) is 37.1 Å². The van der Waals surface area contributed by atoms with E-state index in [4.69, 9.17) is 17.3 Å². The zero-order valence-corrected chi connectivity index (χ0v) is 9.17. The Morgan fingerprint density at radius 1 is 1.57 bits per heavy atom. The number of hydrogen-bond donors (Lipinski definition) is 1. The summed E-state index contributed by atoms with van der Waals surface area (Å²) in [6.07, 6.45) is 2.53. The third-order valence-electron chi connectivity index (χ3n) is 3.20. The molecule has 1 nitrogen and oxygen atoms in total. The van der Waals surface area contributed by atoms with Gasteiger partial charge in [0.05, 0.1) is 0 Å². The summed E-state index contributed by atoms with van der Waals surface area (Å²) in [5.74, 6) is 1.52. The molecular weight excluding hydrogens is 194 g/mol. The zero-order chi connectivity index (χ0) is 10.1. The van der Waals surface area contributed by atoms with Gasteiger partial charge in [0.15, 0.2) is 0 Å². The van der Waals surface area contributed by atoms with Crippen LogP contribution in [0.25, 0.3) is 0 Å². The molecule has 0 aliphatic heterocycles. The second-order valence-corrected chi connectivity index (χ2v) is 4.59. The molecule has 1 saturated carbocycles. The standard InChI is InChI=1S/C12H16ClN/c1-2-8-7-11(8)12(14)9-4-3-5-10(13)6-9/h3-6,8,11-12H,2,7,14H2,1H3. The number of halogens is 1. The maximum atomic E-state index is 6.18. The van der Waals surface area contributed by atoms with E-state index in [2.05, 4.69) is 13.0 Å². The number of nitrogens with two attached hydrogens (primary N) is 1. The first kappa shape index (κ1) is 10.0. The van der Waals surface area contributed by atoms with Crippen molar-refractivity contribution in [3.8, 4) is 0 Å². The van der Waals surface area contributed by atoms with Crippen molar-refractivity contribution in [1.82, 2.24) is 0 Å². The predicted molar refractivity (Wildman–Crippen MR) is 60.3 cm³/mol. The lowest BCUT2D eigenvalue weighted by molar-refractivity contribution is 0.567. The summed E-state index contributed by atoms with van der Waals surface area (Å²) < 4.78 is 0. The molecule has 0 amide bonds. The lowest BCUT2D eigenvalue weighted by Crippen LogP contribution is -2.13. The second kappa shape index (κ2) is 3.92. The van der Waals surface area contributed by atoms with Crippen molar-refractivity contribution < 1.29 is 0 Å². The van der Waals surface area contributed by atoms with Crippen LogP contribution < -0.4 is 5.73 Å². The van der Waals surface area contributed by atoms with Crippen LogP contribution in [-0.2, 0) is 0 Å². The molecule has 1 aromatic carbocycles. The Hall–Kier alpha value is -0.530. The summed E-state index contributed by atoms with van der Waals surface area (Å²) in [7, 11) is 0. The molecule has 3 atom stereocenters. The average molecular weight is 210 g/mol. The van der Waals surface area contributed by atoms with Gasteiger partial charge < -0.3 is 5.73 Å². The van der Waals surface area contributed by atoms with Gasteiger partial charge in [-0.15, -0.1) is 0 Å². The first-order valence-corrected chi connectivity index (χ1v) is 5.61. The van der Waals surface area contributed by atoms with Crippen LogP contribution in [0, 0.1) is 11.8 Å². The van der Waals surface area contributed by atoms with Crippen molar-refractivity contribution in [2.75, 3.05) is 0 Å². The molecule has 3 unspecified atom stereocenters. The van der Waals surface area contributed by atoms with Crippen LogP contribution in [0.15, 0.2) is 24.3 Å². The van der Waals surface area contributed by atoms with Gasteiger partial charge >= 0.3 is 0 Å².